The maximum atomic E-state index is 12.6. The minimum absolute atomic E-state index is 0.112. The zero-order valence-electron chi connectivity index (χ0n) is 15.5. The summed E-state index contributed by atoms with van der Waals surface area (Å²) in [5, 5.41) is 0.603. The lowest BCUT2D eigenvalue weighted by Crippen LogP contribution is -2.49. The third kappa shape index (κ3) is 5.25. The van der Waals surface area contributed by atoms with Gasteiger partial charge in [0, 0.05) is 24.2 Å². The molecule has 0 bridgehead atoms. The van der Waals surface area contributed by atoms with Gasteiger partial charge in [-0.25, -0.2) is 13.1 Å². The zero-order chi connectivity index (χ0) is 20.1. The molecular formula is C20H23ClN2O4S. The van der Waals surface area contributed by atoms with Crippen LogP contribution in [0.25, 0.3) is 0 Å². The molecule has 1 amide bonds. The fourth-order valence-corrected chi connectivity index (χ4v) is 4.58. The van der Waals surface area contributed by atoms with Crippen molar-refractivity contribution in [2.24, 2.45) is 0 Å². The number of sulfonamides is 1. The first-order chi connectivity index (χ1) is 13.3. The molecule has 1 aliphatic heterocycles. The van der Waals surface area contributed by atoms with Crippen LogP contribution >= 0.6 is 11.6 Å². The molecule has 1 fully saturated rings. The van der Waals surface area contributed by atoms with Gasteiger partial charge in [-0.05, 0) is 56.2 Å². The lowest BCUT2D eigenvalue weighted by atomic mass is 10.1. The summed E-state index contributed by atoms with van der Waals surface area (Å²) in [4.78, 5) is 14.6. The second-order valence-electron chi connectivity index (χ2n) is 6.75. The number of ether oxygens (including phenoxy) is 1. The third-order valence-electron chi connectivity index (χ3n) is 4.66. The number of nitrogens with zero attached hydrogens (tertiary/aromatic N) is 1. The quantitative estimate of drug-likeness (QED) is 0.776. The van der Waals surface area contributed by atoms with Crippen LogP contribution in [-0.4, -0.2) is 44.5 Å². The fraction of sp³-hybridized carbons (Fsp3) is 0.350. The molecular weight excluding hydrogens is 400 g/mol. The van der Waals surface area contributed by atoms with Gasteiger partial charge in [0.15, 0.2) is 6.10 Å². The van der Waals surface area contributed by atoms with Crippen molar-refractivity contribution in [2.75, 3.05) is 13.1 Å². The van der Waals surface area contributed by atoms with Crippen LogP contribution in [0.1, 0.15) is 19.8 Å². The van der Waals surface area contributed by atoms with Crippen molar-refractivity contribution in [3.05, 3.63) is 59.6 Å². The molecule has 2 aromatic rings. The average Bonchev–Trinajstić information content (AvgIpc) is 2.70. The number of carbonyl (C=O) groups is 1. The third-order valence-corrected chi connectivity index (χ3v) is 6.44. The maximum Gasteiger partial charge on any atom is 0.263 e. The van der Waals surface area contributed by atoms with Crippen molar-refractivity contribution in [2.45, 2.75) is 36.8 Å². The zero-order valence-corrected chi connectivity index (χ0v) is 17.1. The van der Waals surface area contributed by atoms with E-state index in [1.807, 2.05) is 0 Å². The van der Waals surface area contributed by atoms with Gasteiger partial charge in [0.2, 0.25) is 10.0 Å². The minimum Gasteiger partial charge on any atom is -0.481 e. The number of hydrogen-bond donors (Lipinski definition) is 1. The van der Waals surface area contributed by atoms with Crippen LogP contribution in [0.15, 0.2) is 59.5 Å². The fourth-order valence-electron chi connectivity index (χ4n) is 3.13. The molecule has 1 saturated heterocycles. The van der Waals surface area contributed by atoms with E-state index in [4.69, 9.17) is 16.3 Å². The molecule has 150 valence electrons. The Balaban J connectivity index is 1.51. The van der Waals surface area contributed by atoms with E-state index >= 15 is 0 Å². The van der Waals surface area contributed by atoms with Crippen molar-refractivity contribution in [1.82, 2.24) is 9.62 Å². The van der Waals surface area contributed by atoms with Crippen molar-refractivity contribution in [1.29, 1.82) is 0 Å². The highest BCUT2D eigenvalue weighted by Gasteiger charge is 2.29. The van der Waals surface area contributed by atoms with Crippen LogP contribution in [0, 0.1) is 0 Å². The van der Waals surface area contributed by atoms with E-state index in [0.29, 0.717) is 36.7 Å². The predicted octanol–water partition coefficient (Wildman–Crippen LogP) is 3.08. The lowest BCUT2D eigenvalue weighted by Gasteiger charge is -2.33. The molecule has 2 aromatic carbocycles. The van der Waals surface area contributed by atoms with Crippen LogP contribution in [0.5, 0.6) is 5.75 Å². The van der Waals surface area contributed by atoms with E-state index in [2.05, 4.69) is 4.72 Å². The number of carbonyl (C=O) groups excluding carboxylic acids is 1. The van der Waals surface area contributed by atoms with Crippen molar-refractivity contribution in [3.8, 4) is 5.75 Å². The summed E-state index contributed by atoms with van der Waals surface area (Å²) in [5.74, 6) is 0.468. The van der Waals surface area contributed by atoms with Crippen LogP contribution in [-0.2, 0) is 14.8 Å². The first-order valence-electron chi connectivity index (χ1n) is 9.13. The molecule has 0 spiro atoms. The van der Waals surface area contributed by atoms with E-state index in [-0.39, 0.29) is 16.8 Å². The molecule has 28 heavy (non-hydrogen) atoms. The monoisotopic (exact) mass is 422 g/mol. The molecule has 6 nitrogen and oxygen atoms in total. The molecule has 0 saturated carbocycles. The van der Waals surface area contributed by atoms with Crippen LogP contribution in [0.4, 0.5) is 0 Å². The Morgan fingerprint density at radius 2 is 1.71 bits per heavy atom. The first kappa shape index (κ1) is 20.6. The molecule has 1 atom stereocenters. The Kier molecular flexibility index (Phi) is 6.59. The summed E-state index contributed by atoms with van der Waals surface area (Å²) < 4.78 is 33.3. The van der Waals surface area contributed by atoms with Gasteiger partial charge in [-0.3, -0.25) is 4.79 Å². The van der Waals surface area contributed by atoms with Crippen molar-refractivity contribution in [3.63, 3.8) is 0 Å². The molecule has 3 rings (SSSR count). The Morgan fingerprint density at radius 3 is 2.32 bits per heavy atom. The highest BCUT2D eigenvalue weighted by molar-refractivity contribution is 7.89. The summed E-state index contributed by atoms with van der Waals surface area (Å²) in [6.07, 6.45) is 0.496. The number of piperidine rings is 1. The van der Waals surface area contributed by atoms with Crippen LogP contribution in [0.3, 0.4) is 0 Å². The van der Waals surface area contributed by atoms with Crippen molar-refractivity contribution >= 4 is 27.5 Å². The van der Waals surface area contributed by atoms with E-state index < -0.39 is 16.1 Å². The summed E-state index contributed by atoms with van der Waals surface area (Å²) in [7, 11) is -3.55. The molecule has 8 heteroatoms. The minimum atomic E-state index is -3.55. The Morgan fingerprint density at radius 1 is 1.11 bits per heavy atom. The smallest absolute Gasteiger partial charge is 0.263 e. The lowest BCUT2D eigenvalue weighted by molar-refractivity contribution is -0.139. The van der Waals surface area contributed by atoms with Gasteiger partial charge in [-0.2, -0.15) is 0 Å². The molecule has 0 aromatic heterocycles. The number of hydrogen-bond acceptors (Lipinski definition) is 4. The van der Waals surface area contributed by atoms with Crippen molar-refractivity contribution < 1.29 is 17.9 Å². The van der Waals surface area contributed by atoms with E-state index in [1.165, 1.54) is 0 Å². The average molecular weight is 423 g/mol. The predicted molar refractivity (Wildman–Crippen MR) is 108 cm³/mol. The molecule has 0 aliphatic carbocycles. The number of likely N-dealkylation sites (tertiary alicyclic amines) is 1. The Bertz CT molecular complexity index is 896. The second kappa shape index (κ2) is 8.94. The summed E-state index contributed by atoms with van der Waals surface area (Å²) in [6.45, 7) is 2.67. The van der Waals surface area contributed by atoms with E-state index in [9.17, 15) is 13.2 Å². The second-order valence-corrected chi connectivity index (χ2v) is 8.90. The van der Waals surface area contributed by atoms with Crippen LogP contribution < -0.4 is 9.46 Å². The van der Waals surface area contributed by atoms with E-state index in [0.717, 1.165) is 0 Å². The van der Waals surface area contributed by atoms with Gasteiger partial charge < -0.3 is 9.64 Å². The van der Waals surface area contributed by atoms with Gasteiger partial charge in [0.05, 0.1) is 4.90 Å². The summed E-state index contributed by atoms with van der Waals surface area (Å²) in [5.41, 5.74) is 0. The van der Waals surface area contributed by atoms with Gasteiger partial charge in [-0.15, -0.1) is 0 Å². The highest BCUT2D eigenvalue weighted by Crippen LogP contribution is 2.19. The number of halogens is 1. The molecule has 1 heterocycles. The number of nitrogens with one attached hydrogen (secondary N) is 1. The van der Waals surface area contributed by atoms with E-state index in [1.54, 1.807) is 66.4 Å². The normalized spacial score (nSPS) is 16.6. The highest BCUT2D eigenvalue weighted by atomic mass is 35.5. The topological polar surface area (TPSA) is 75.7 Å². The SMILES string of the molecule is CC(Oc1ccc(Cl)cc1)C(=O)N1CCC(NS(=O)(=O)c2ccccc2)CC1. The number of benzene rings is 2. The molecule has 1 aliphatic rings. The standard InChI is InChI=1S/C20H23ClN2O4S/c1-15(27-18-9-7-16(21)8-10-18)20(24)23-13-11-17(12-14-23)22-28(25,26)19-5-3-2-4-6-19/h2-10,15,17,22H,11-14H2,1H3. The molecule has 1 N–H and O–H groups in total. The Labute approximate surface area is 170 Å². The number of amides is 1. The first-order valence-corrected chi connectivity index (χ1v) is 11.0. The van der Waals surface area contributed by atoms with Crippen LogP contribution in [0.2, 0.25) is 5.02 Å². The summed E-state index contributed by atoms with van der Waals surface area (Å²) >= 11 is 5.85. The molecule has 0 radical (unpaired) electrons. The Hall–Kier alpha value is -2.09. The summed E-state index contributed by atoms with van der Waals surface area (Å²) in [6, 6.07) is 15.0. The van der Waals surface area contributed by atoms with Gasteiger partial charge in [-0.1, -0.05) is 29.8 Å². The maximum absolute atomic E-state index is 12.6. The van der Waals surface area contributed by atoms with Gasteiger partial charge in [0.1, 0.15) is 5.75 Å². The molecule has 1 unspecified atom stereocenters. The van der Waals surface area contributed by atoms with Gasteiger partial charge in [0.25, 0.3) is 5.91 Å². The largest absolute Gasteiger partial charge is 0.481 e. The van der Waals surface area contributed by atoms with Gasteiger partial charge >= 0.3 is 0 Å². The number of rotatable bonds is 6.